The summed E-state index contributed by atoms with van der Waals surface area (Å²) in [5.41, 5.74) is -0.0216. The molecule has 0 aliphatic carbocycles. The van der Waals surface area contributed by atoms with Crippen LogP contribution in [0.1, 0.15) is 25.5 Å². The van der Waals surface area contributed by atoms with Gasteiger partial charge in [-0.2, -0.15) is 0 Å². The smallest absolute Gasteiger partial charge is 0.213 e. The zero-order valence-corrected chi connectivity index (χ0v) is 10.8. The summed E-state index contributed by atoms with van der Waals surface area (Å²) in [5, 5.41) is 11.0. The predicted molar refractivity (Wildman–Crippen MR) is 68.5 cm³/mol. The maximum Gasteiger partial charge on any atom is 0.213 e. The molecule has 18 heavy (non-hydrogen) atoms. The topological polar surface area (TPSA) is 45.6 Å². The third kappa shape index (κ3) is 1.89. The molecule has 1 aromatic heterocycles. The van der Waals surface area contributed by atoms with Gasteiger partial charge in [0.2, 0.25) is 5.88 Å². The summed E-state index contributed by atoms with van der Waals surface area (Å²) in [6.07, 6.45) is 2.13. The first-order valence-electron chi connectivity index (χ1n) is 6.77. The minimum absolute atomic E-state index is 0.340. The average molecular weight is 248 g/mol. The number of rotatable bonds is 3. The molecule has 3 saturated heterocycles. The zero-order chi connectivity index (χ0) is 12.6. The fraction of sp³-hybridized carbons (Fsp3) is 0.643. The molecule has 1 unspecified atom stereocenters. The molecule has 0 amide bonds. The highest BCUT2D eigenvalue weighted by Gasteiger charge is 2.47. The quantitative estimate of drug-likeness (QED) is 0.878. The van der Waals surface area contributed by atoms with Crippen molar-refractivity contribution in [2.45, 2.75) is 25.4 Å². The van der Waals surface area contributed by atoms with Crippen LogP contribution in [0, 0.1) is 5.92 Å². The molecular weight excluding hydrogens is 228 g/mol. The Labute approximate surface area is 108 Å². The molecule has 1 aromatic rings. The Morgan fingerprint density at radius 2 is 2.22 bits per heavy atom. The molecule has 0 spiro atoms. The van der Waals surface area contributed by atoms with Gasteiger partial charge < -0.3 is 14.7 Å². The minimum atomic E-state index is -0.788. The summed E-state index contributed by atoms with van der Waals surface area (Å²) < 4.78 is 5.43. The largest absolute Gasteiger partial charge is 0.478 e. The molecule has 3 aliphatic heterocycles. The molecule has 3 fully saturated rings. The van der Waals surface area contributed by atoms with E-state index in [4.69, 9.17) is 4.74 Å². The van der Waals surface area contributed by atoms with Crippen LogP contribution in [0.25, 0.3) is 0 Å². The van der Waals surface area contributed by atoms with E-state index in [0.29, 0.717) is 24.9 Å². The molecule has 4 heterocycles. The molecule has 0 aromatic carbocycles. The van der Waals surface area contributed by atoms with E-state index >= 15 is 0 Å². The standard InChI is InChI=1S/C14H20N2O2/c1-2-18-13-5-3-4-12(15-13)14(17)10-16-8-6-11(14)7-9-16/h3-5,11,17H,2,6-10H2,1H3. The first-order chi connectivity index (χ1) is 8.72. The first-order valence-corrected chi connectivity index (χ1v) is 6.77. The first kappa shape index (κ1) is 11.9. The van der Waals surface area contributed by atoms with Crippen molar-refractivity contribution in [2.75, 3.05) is 26.2 Å². The molecule has 1 atom stereocenters. The highest BCUT2D eigenvalue weighted by Crippen LogP contribution is 2.41. The monoisotopic (exact) mass is 248 g/mol. The van der Waals surface area contributed by atoms with Crippen molar-refractivity contribution in [1.82, 2.24) is 9.88 Å². The number of hydrogen-bond donors (Lipinski definition) is 1. The van der Waals surface area contributed by atoms with Crippen molar-refractivity contribution in [3.8, 4) is 5.88 Å². The zero-order valence-electron chi connectivity index (χ0n) is 10.8. The number of fused-ring (bicyclic) bond motifs is 3. The Bertz CT molecular complexity index is 430. The highest BCUT2D eigenvalue weighted by molar-refractivity contribution is 5.23. The van der Waals surface area contributed by atoms with E-state index in [-0.39, 0.29) is 0 Å². The van der Waals surface area contributed by atoms with Gasteiger partial charge in [0.05, 0.1) is 12.3 Å². The summed E-state index contributed by atoms with van der Waals surface area (Å²) in [6.45, 7) is 5.47. The van der Waals surface area contributed by atoms with Crippen LogP contribution in [0.3, 0.4) is 0 Å². The lowest BCUT2D eigenvalue weighted by Gasteiger charge is -2.50. The molecule has 4 heteroatoms. The van der Waals surface area contributed by atoms with Gasteiger partial charge in [0, 0.05) is 12.6 Å². The molecule has 0 saturated carbocycles. The van der Waals surface area contributed by atoms with Crippen LogP contribution in [0.2, 0.25) is 0 Å². The van der Waals surface area contributed by atoms with Crippen LogP contribution in [-0.2, 0) is 5.60 Å². The molecule has 4 nitrogen and oxygen atoms in total. The van der Waals surface area contributed by atoms with Crippen LogP contribution in [-0.4, -0.2) is 41.2 Å². The lowest BCUT2D eigenvalue weighted by atomic mass is 9.73. The summed E-state index contributed by atoms with van der Waals surface area (Å²) >= 11 is 0. The molecule has 2 bridgehead atoms. The van der Waals surface area contributed by atoms with Crippen molar-refractivity contribution in [3.63, 3.8) is 0 Å². The Kier molecular flexibility index (Phi) is 2.99. The van der Waals surface area contributed by atoms with Crippen LogP contribution in [0.5, 0.6) is 5.88 Å². The molecule has 0 radical (unpaired) electrons. The number of pyridine rings is 1. The summed E-state index contributed by atoms with van der Waals surface area (Å²) in [5.74, 6) is 0.951. The van der Waals surface area contributed by atoms with E-state index in [0.717, 1.165) is 31.6 Å². The fourth-order valence-electron chi connectivity index (χ4n) is 3.21. The lowest BCUT2D eigenvalue weighted by Crippen LogP contribution is -2.57. The Morgan fingerprint density at radius 1 is 1.44 bits per heavy atom. The number of aliphatic hydroxyl groups is 1. The van der Waals surface area contributed by atoms with Crippen molar-refractivity contribution in [3.05, 3.63) is 23.9 Å². The fourth-order valence-corrected chi connectivity index (χ4v) is 3.21. The van der Waals surface area contributed by atoms with Gasteiger partial charge in [-0.3, -0.25) is 0 Å². The van der Waals surface area contributed by atoms with Gasteiger partial charge in [-0.05, 0) is 44.8 Å². The van der Waals surface area contributed by atoms with Gasteiger partial charge in [-0.25, -0.2) is 4.98 Å². The van der Waals surface area contributed by atoms with Gasteiger partial charge in [0.15, 0.2) is 0 Å². The highest BCUT2D eigenvalue weighted by atomic mass is 16.5. The van der Waals surface area contributed by atoms with E-state index in [9.17, 15) is 5.11 Å². The van der Waals surface area contributed by atoms with Crippen LogP contribution in [0.15, 0.2) is 18.2 Å². The third-order valence-corrected chi connectivity index (χ3v) is 4.19. The van der Waals surface area contributed by atoms with E-state index in [1.807, 2.05) is 25.1 Å². The maximum atomic E-state index is 11.0. The van der Waals surface area contributed by atoms with E-state index in [1.54, 1.807) is 0 Å². The van der Waals surface area contributed by atoms with Crippen molar-refractivity contribution in [2.24, 2.45) is 5.92 Å². The van der Waals surface area contributed by atoms with Crippen LogP contribution in [0.4, 0.5) is 0 Å². The predicted octanol–water partition coefficient (Wildman–Crippen LogP) is 1.39. The van der Waals surface area contributed by atoms with E-state index in [1.165, 1.54) is 0 Å². The molecule has 3 aliphatic rings. The number of aromatic nitrogens is 1. The number of ether oxygens (including phenoxy) is 1. The van der Waals surface area contributed by atoms with Crippen molar-refractivity contribution in [1.29, 1.82) is 0 Å². The Hall–Kier alpha value is -1.13. The minimum Gasteiger partial charge on any atom is -0.478 e. The second kappa shape index (κ2) is 4.52. The molecule has 98 valence electrons. The number of piperidine rings is 3. The summed E-state index contributed by atoms with van der Waals surface area (Å²) in [4.78, 5) is 6.81. The van der Waals surface area contributed by atoms with E-state index < -0.39 is 5.60 Å². The van der Waals surface area contributed by atoms with Gasteiger partial charge in [-0.15, -0.1) is 0 Å². The SMILES string of the molecule is CCOc1cccc(C2(O)CN3CCC2CC3)n1. The summed E-state index contributed by atoms with van der Waals surface area (Å²) in [6, 6.07) is 5.69. The van der Waals surface area contributed by atoms with Crippen molar-refractivity contribution < 1.29 is 9.84 Å². The lowest BCUT2D eigenvalue weighted by molar-refractivity contribution is -0.120. The second-order valence-electron chi connectivity index (χ2n) is 5.27. The normalized spacial score (nSPS) is 34.6. The van der Waals surface area contributed by atoms with Crippen molar-refractivity contribution >= 4 is 0 Å². The Balaban J connectivity index is 1.91. The van der Waals surface area contributed by atoms with Gasteiger partial charge in [0.1, 0.15) is 5.60 Å². The average Bonchev–Trinajstić information content (AvgIpc) is 2.40. The number of hydrogen-bond acceptors (Lipinski definition) is 4. The van der Waals surface area contributed by atoms with Gasteiger partial charge in [0.25, 0.3) is 0 Å². The van der Waals surface area contributed by atoms with Crippen LogP contribution < -0.4 is 4.74 Å². The van der Waals surface area contributed by atoms with Crippen LogP contribution >= 0.6 is 0 Å². The molecular formula is C14H20N2O2. The third-order valence-electron chi connectivity index (χ3n) is 4.19. The van der Waals surface area contributed by atoms with E-state index in [2.05, 4.69) is 9.88 Å². The maximum absolute atomic E-state index is 11.0. The van der Waals surface area contributed by atoms with Gasteiger partial charge in [-0.1, -0.05) is 6.07 Å². The Morgan fingerprint density at radius 3 is 2.83 bits per heavy atom. The second-order valence-corrected chi connectivity index (χ2v) is 5.27. The van der Waals surface area contributed by atoms with Gasteiger partial charge >= 0.3 is 0 Å². The molecule has 1 N–H and O–H groups in total. The number of nitrogens with zero attached hydrogens (tertiary/aromatic N) is 2. The molecule has 4 rings (SSSR count). The summed E-state index contributed by atoms with van der Waals surface area (Å²) in [7, 11) is 0.